The molecule has 1 rings (SSSR count). The zero-order chi connectivity index (χ0) is 10.4. The standard InChI is InChI=1S/C10H12ClNO2/c11-6-9(12)10(13)14-7-8-4-2-1-3-5-8/h1-5,9H,6-7,12H2/t9-/m0/s1. The molecule has 0 radical (unpaired) electrons. The maximum Gasteiger partial charge on any atom is 0.324 e. The molecule has 0 heterocycles. The minimum Gasteiger partial charge on any atom is -0.460 e. The first-order valence-electron chi connectivity index (χ1n) is 4.26. The van der Waals surface area contributed by atoms with Gasteiger partial charge in [-0.3, -0.25) is 4.79 Å². The topological polar surface area (TPSA) is 52.3 Å². The monoisotopic (exact) mass is 213 g/mol. The molecule has 0 aliphatic carbocycles. The van der Waals surface area contributed by atoms with Gasteiger partial charge in [0.05, 0.1) is 0 Å². The lowest BCUT2D eigenvalue weighted by Gasteiger charge is -2.08. The second-order valence-corrected chi connectivity index (χ2v) is 3.16. The van der Waals surface area contributed by atoms with Gasteiger partial charge < -0.3 is 10.5 Å². The van der Waals surface area contributed by atoms with E-state index >= 15 is 0 Å². The van der Waals surface area contributed by atoms with Crippen molar-refractivity contribution >= 4 is 17.6 Å². The Bertz CT molecular complexity index is 289. The smallest absolute Gasteiger partial charge is 0.324 e. The van der Waals surface area contributed by atoms with Crippen molar-refractivity contribution in [3.05, 3.63) is 35.9 Å². The highest BCUT2D eigenvalue weighted by atomic mass is 35.5. The zero-order valence-electron chi connectivity index (χ0n) is 7.65. The van der Waals surface area contributed by atoms with Crippen molar-refractivity contribution in [3.8, 4) is 0 Å². The molecule has 0 saturated carbocycles. The third kappa shape index (κ3) is 3.36. The maximum atomic E-state index is 11.1. The number of carbonyl (C=O) groups is 1. The molecule has 1 aromatic carbocycles. The third-order valence-corrected chi connectivity index (χ3v) is 2.03. The molecule has 14 heavy (non-hydrogen) atoms. The summed E-state index contributed by atoms with van der Waals surface area (Å²) in [6, 6.07) is 8.67. The van der Waals surface area contributed by atoms with Gasteiger partial charge in [0.2, 0.25) is 0 Å². The molecule has 0 spiro atoms. The Kier molecular flexibility index (Phi) is 4.43. The number of esters is 1. The fraction of sp³-hybridized carbons (Fsp3) is 0.300. The van der Waals surface area contributed by atoms with E-state index in [1.165, 1.54) is 0 Å². The zero-order valence-corrected chi connectivity index (χ0v) is 8.41. The van der Waals surface area contributed by atoms with Gasteiger partial charge in [-0.1, -0.05) is 30.3 Å². The molecule has 1 aromatic rings. The van der Waals surface area contributed by atoms with E-state index in [0.29, 0.717) is 0 Å². The van der Waals surface area contributed by atoms with Gasteiger partial charge in [-0.25, -0.2) is 0 Å². The van der Waals surface area contributed by atoms with Gasteiger partial charge in [0.1, 0.15) is 12.6 Å². The maximum absolute atomic E-state index is 11.1. The molecule has 0 amide bonds. The van der Waals surface area contributed by atoms with Crippen molar-refractivity contribution in [1.29, 1.82) is 0 Å². The minimum absolute atomic E-state index is 0.0770. The van der Waals surface area contributed by atoms with Crippen molar-refractivity contribution in [1.82, 2.24) is 0 Å². The summed E-state index contributed by atoms with van der Waals surface area (Å²) in [5.41, 5.74) is 6.31. The van der Waals surface area contributed by atoms with E-state index in [-0.39, 0.29) is 12.5 Å². The summed E-state index contributed by atoms with van der Waals surface area (Å²) < 4.78 is 4.93. The SMILES string of the molecule is N[C@@H](CCl)C(=O)OCc1ccccc1. The van der Waals surface area contributed by atoms with Crippen molar-refractivity contribution in [3.63, 3.8) is 0 Å². The highest BCUT2D eigenvalue weighted by molar-refractivity contribution is 6.19. The van der Waals surface area contributed by atoms with Crippen LogP contribution in [0.1, 0.15) is 5.56 Å². The predicted octanol–water partition coefficient (Wildman–Crippen LogP) is 1.30. The Labute approximate surface area is 87.8 Å². The van der Waals surface area contributed by atoms with Crippen LogP contribution in [0.15, 0.2) is 30.3 Å². The van der Waals surface area contributed by atoms with Crippen molar-refractivity contribution < 1.29 is 9.53 Å². The number of carbonyl (C=O) groups excluding carboxylic acids is 1. The molecule has 3 nitrogen and oxygen atoms in total. The first-order valence-corrected chi connectivity index (χ1v) is 4.79. The van der Waals surface area contributed by atoms with Gasteiger partial charge in [-0.05, 0) is 5.56 Å². The molecule has 1 atom stereocenters. The van der Waals surface area contributed by atoms with Gasteiger partial charge >= 0.3 is 5.97 Å². The summed E-state index contributed by atoms with van der Waals surface area (Å²) in [5.74, 6) is -0.392. The van der Waals surface area contributed by atoms with Crippen molar-refractivity contribution in [2.24, 2.45) is 5.73 Å². The second kappa shape index (κ2) is 5.62. The Morgan fingerprint density at radius 1 is 1.43 bits per heavy atom. The third-order valence-electron chi connectivity index (χ3n) is 1.69. The summed E-state index contributed by atoms with van der Waals surface area (Å²) in [6.45, 7) is 0.240. The Hall–Kier alpha value is -1.06. The first kappa shape index (κ1) is 11.0. The van der Waals surface area contributed by atoms with Gasteiger partial charge in [-0.15, -0.1) is 11.6 Å². The van der Waals surface area contributed by atoms with Crippen LogP contribution in [0, 0.1) is 0 Å². The Balaban J connectivity index is 2.38. The number of alkyl halides is 1. The molecular formula is C10H12ClNO2. The lowest BCUT2D eigenvalue weighted by Crippen LogP contribution is -2.33. The first-order chi connectivity index (χ1) is 6.74. The molecule has 4 heteroatoms. The summed E-state index contributed by atoms with van der Waals surface area (Å²) in [6.07, 6.45) is 0. The Morgan fingerprint density at radius 2 is 2.07 bits per heavy atom. The highest BCUT2D eigenvalue weighted by Gasteiger charge is 2.12. The van der Waals surface area contributed by atoms with Crippen LogP contribution in [0.25, 0.3) is 0 Å². The molecule has 2 N–H and O–H groups in total. The Morgan fingerprint density at radius 3 is 2.64 bits per heavy atom. The van der Waals surface area contributed by atoms with Crippen LogP contribution in [-0.2, 0) is 16.1 Å². The van der Waals surface area contributed by atoms with Gasteiger partial charge in [0.15, 0.2) is 0 Å². The number of hydrogen-bond donors (Lipinski definition) is 1. The average molecular weight is 214 g/mol. The van der Waals surface area contributed by atoms with Gasteiger partial charge in [0, 0.05) is 5.88 Å². The van der Waals surface area contributed by atoms with E-state index in [1.54, 1.807) is 0 Å². The fourth-order valence-electron chi connectivity index (χ4n) is 0.899. The van der Waals surface area contributed by atoms with E-state index < -0.39 is 12.0 Å². The van der Waals surface area contributed by atoms with Crippen LogP contribution < -0.4 is 5.73 Å². The summed E-state index contributed by atoms with van der Waals surface area (Å²) in [4.78, 5) is 11.1. The number of hydrogen-bond acceptors (Lipinski definition) is 3. The van der Waals surface area contributed by atoms with Crippen LogP contribution in [-0.4, -0.2) is 17.9 Å². The number of benzene rings is 1. The predicted molar refractivity (Wildman–Crippen MR) is 54.9 cm³/mol. The van der Waals surface area contributed by atoms with E-state index in [1.807, 2.05) is 30.3 Å². The van der Waals surface area contributed by atoms with E-state index in [4.69, 9.17) is 22.1 Å². The van der Waals surface area contributed by atoms with Crippen molar-refractivity contribution in [2.45, 2.75) is 12.6 Å². The molecule has 0 fully saturated rings. The van der Waals surface area contributed by atoms with Gasteiger partial charge in [-0.2, -0.15) is 0 Å². The van der Waals surface area contributed by atoms with E-state index in [0.717, 1.165) is 5.56 Å². The minimum atomic E-state index is -0.736. The summed E-state index contributed by atoms with van der Waals surface area (Å²) in [5, 5.41) is 0. The summed E-state index contributed by atoms with van der Waals surface area (Å²) >= 11 is 5.40. The van der Waals surface area contributed by atoms with E-state index in [2.05, 4.69) is 0 Å². The molecule has 0 aliphatic rings. The largest absolute Gasteiger partial charge is 0.460 e. The van der Waals surface area contributed by atoms with Crippen LogP contribution >= 0.6 is 11.6 Å². The summed E-state index contributed by atoms with van der Waals surface area (Å²) in [7, 11) is 0. The number of ether oxygens (including phenoxy) is 1. The number of halogens is 1. The number of nitrogens with two attached hydrogens (primary N) is 1. The molecule has 76 valence electrons. The van der Waals surface area contributed by atoms with Crippen LogP contribution in [0.2, 0.25) is 0 Å². The molecule has 0 aliphatic heterocycles. The van der Waals surface area contributed by atoms with Crippen molar-refractivity contribution in [2.75, 3.05) is 5.88 Å². The second-order valence-electron chi connectivity index (χ2n) is 2.85. The van der Waals surface area contributed by atoms with Crippen LogP contribution in [0.3, 0.4) is 0 Å². The molecule has 0 aromatic heterocycles. The lowest BCUT2D eigenvalue weighted by molar-refractivity contribution is -0.145. The molecular weight excluding hydrogens is 202 g/mol. The molecule has 0 bridgehead atoms. The van der Waals surface area contributed by atoms with Crippen LogP contribution in [0.4, 0.5) is 0 Å². The lowest BCUT2D eigenvalue weighted by atomic mass is 10.2. The van der Waals surface area contributed by atoms with E-state index in [9.17, 15) is 4.79 Å². The highest BCUT2D eigenvalue weighted by Crippen LogP contribution is 2.01. The number of rotatable bonds is 4. The molecule has 0 saturated heterocycles. The fourth-order valence-corrected chi connectivity index (χ4v) is 1.02. The molecule has 0 unspecified atom stereocenters. The van der Waals surface area contributed by atoms with Crippen LogP contribution in [0.5, 0.6) is 0 Å². The quantitative estimate of drug-likeness (QED) is 0.606. The van der Waals surface area contributed by atoms with Gasteiger partial charge in [0.25, 0.3) is 0 Å². The normalized spacial score (nSPS) is 12.1. The average Bonchev–Trinajstić information content (AvgIpc) is 2.26.